The Labute approximate surface area is 181 Å². The Kier molecular flexibility index (Phi) is 7.40. The lowest BCUT2D eigenvalue weighted by Crippen LogP contribution is -2.42. The maximum Gasteiger partial charge on any atom is 0.410 e. The molecule has 0 radical (unpaired) electrons. The van der Waals surface area contributed by atoms with Crippen LogP contribution in [0.5, 0.6) is 0 Å². The van der Waals surface area contributed by atoms with Crippen molar-refractivity contribution in [3.05, 3.63) is 64.4 Å². The minimum atomic E-state index is -0.444. The van der Waals surface area contributed by atoms with Gasteiger partial charge < -0.3 is 20.2 Å². The molecule has 1 aliphatic rings. The van der Waals surface area contributed by atoms with Crippen molar-refractivity contribution < 1.29 is 23.9 Å². The van der Waals surface area contributed by atoms with Crippen LogP contribution in [-0.4, -0.2) is 40.9 Å². The number of amidine groups is 1. The molecular weight excluding hydrogens is 457 g/mol. The minimum Gasteiger partial charge on any atom is -0.445 e. The van der Waals surface area contributed by atoms with Crippen molar-refractivity contribution >= 4 is 39.3 Å². The van der Waals surface area contributed by atoms with Crippen LogP contribution in [0.1, 0.15) is 18.4 Å². The quantitative estimate of drug-likeness (QED) is 0.288. The van der Waals surface area contributed by atoms with Gasteiger partial charge in [0.05, 0.1) is 4.47 Å². The Morgan fingerprint density at radius 2 is 1.90 bits per heavy atom. The molecule has 0 aliphatic carbocycles. The first-order valence-corrected chi connectivity index (χ1v) is 10.2. The van der Waals surface area contributed by atoms with E-state index in [4.69, 9.17) is 4.74 Å². The normalized spacial score (nSPS) is 15.0. The van der Waals surface area contributed by atoms with Crippen LogP contribution < -0.4 is 5.32 Å². The number of nitrogens with one attached hydrogen (secondary N) is 1. The number of anilines is 1. The molecule has 2 aromatic rings. The first kappa shape index (κ1) is 21.8. The predicted octanol–water partition coefficient (Wildman–Crippen LogP) is 4.41. The number of likely N-dealkylation sites (tertiary alicyclic amines) is 1. The second kappa shape index (κ2) is 10.2. The highest BCUT2D eigenvalue weighted by Gasteiger charge is 2.31. The van der Waals surface area contributed by atoms with Gasteiger partial charge in [0.2, 0.25) is 11.6 Å². The third-order valence-corrected chi connectivity index (χ3v) is 5.45. The molecular formula is C21H21BrFN3O4. The average molecular weight is 478 g/mol. The van der Waals surface area contributed by atoms with Gasteiger partial charge in [-0.3, -0.25) is 4.79 Å². The second-order valence-electron chi connectivity index (χ2n) is 6.87. The molecule has 1 fully saturated rings. The molecule has 2 aromatic carbocycles. The highest BCUT2D eigenvalue weighted by molar-refractivity contribution is 9.10. The van der Waals surface area contributed by atoms with Crippen molar-refractivity contribution in [2.45, 2.75) is 19.4 Å². The van der Waals surface area contributed by atoms with E-state index in [0.29, 0.717) is 31.6 Å². The molecule has 3 rings (SSSR count). The molecule has 0 unspecified atom stereocenters. The van der Waals surface area contributed by atoms with Gasteiger partial charge in [-0.05, 0) is 52.5 Å². The zero-order valence-electron chi connectivity index (χ0n) is 16.1. The highest BCUT2D eigenvalue weighted by Crippen LogP contribution is 2.23. The maximum absolute atomic E-state index is 13.4. The highest BCUT2D eigenvalue weighted by atomic mass is 79.9. The summed E-state index contributed by atoms with van der Waals surface area (Å²) in [6.45, 7) is 0.923. The maximum atomic E-state index is 13.4. The van der Waals surface area contributed by atoms with Crippen LogP contribution in [0.3, 0.4) is 0 Å². The van der Waals surface area contributed by atoms with Crippen LogP contribution in [-0.2, 0) is 16.1 Å². The fraction of sp³-hybridized carbons (Fsp3) is 0.286. The van der Waals surface area contributed by atoms with Crippen LogP contribution in [0.25, 0.3) is 0 Å². The molecule has 0 aromatic heterocycles. The van der Waals surface area contributed by atoms with Gasteiger partial charge >= 0.3 is 6.09 Å². The van der Waals surface area contributed by atoms with Crippen LogP contribution >= 0.6 is 15.9 Å². The first-order chi connectivity index (χ1) is 14.5. The van der Waals surface area contributed by atoms with E-state index in [1.807, 2.05) is 30.3 Å². The molecule has 0 atom stereocenters. The van der Waals surface area contributed by atoms with E-state index in [1.54, 1.807) is 4.90 Å². The summed E-state index contributed by atoms with van der Waals surface area (Å²) in [6, 6.07) is 13.5. The van der Waals surface area contributed by atoms with Gasteiger partial charge in [0.1, 0.15) is 12.4 Å². The number of benzene rings is 2. The van der Waals surface area contributed by atoms with E-state index in [2.05, 4.69) is 26.4 Å². The minimum absolute atomic E-state index is 0.191. The van der Waals surface area contributed by atoms with Crippen molar-refractivity contribution in [1.82, 2.24) is 4.90 Å². The monoisotopic (exact) mass is 477 g/mol. The van der Waals surface area contributed by atoms with Crippen molar-refractivity contribution in [3.8, 4) is 0 Å². The van der Waals surface area contributed by atoms with Gasteiger partial charge in [0, 0.05) is 24.7 Å². The van der Waals surface area contributed by atoms with E-state index >= 15 is 0 Å². The number of hydrogen-bond donors (Lipinski definition) is 2. The van der Waals surface area contributed by atoms with Crippen molar-refractivity contribution in [2.24, 2.45) is 11.1 Å². The van der Waals surface area contributed by atoms with Crippen LogP contribution in [0.15, 0.2) is 58.2 Å². The molecule has 7 nitrogen and oxygen atoms in total. The summed E-state index contributed by atoms with van der Waals surface area (Å²) in [5, 5.41) is 15.0. The number of Topliss-reactive ketones (excluding diaryl/α,β-unsaturated/α-hetero) is 1. The third kappa shape index (κ3) is 5.56. The summed E-state index contributed by atoms with van der Waals surface area (Å²) < 4.78 is 18.9. The van der Waals surface area contributed by atoms with Crippen LogP contribution in [0.2, 0.25) is 0 Å². The smallest absolute Gasteiger partial charge is 0.410 e. The summed E-state index contributed by atoms with van der Waals surface area (Å²) >= 11 is 3.07. The third-order valence-electron chi connectivity index (χ3n) is 4.84. The van der Waals surface area contributed by atoms with Gasteiger partial charge in [-0.25, -0.2) is 9.18 Å². The SMILES string of the molecule is O=C(/C(=N/O)Nc1ccc(F)c(Br)c1)C1CCN(C(=O)OCc2ccccc2)CC1. The molecule has 0 saturated carbocycles. The summed E-state index contributed by atoms with van der Waals surface area (Å²) in [6.07, 6.45) is 0.426. The number of oxime groups is 1. The molecule has 30 heavy (non-hydrogen) atoms. The summed E-state index contributed by atoms with van der Waals surface area (Å²) in [5.74, 6) is -1.43. The Hall–Kier alpha value is -2.94. The lowest BCUT2D eigenvalue weighted by atomic mass is 9.92. The molecule has 158 valence electrons. The molecule has 1 aliphatic heterocycles. The Morgan fingerprint density at radius 1 is 1.20 bits per heavy atom. The van der Waals surface area contributed by atoms with Gasteiger partial charge in [-0.15, -0.1) is 0 Å². The molecule has 2 N–H and O–H groups in total. The van der Waals surface area contributed by atoms with E-state index in [0.717, 1.165) is 5.56 Å². The van der Waals surface area contributed by atoms with E-state index in [9.17, 15) is 19.2 Å². The fourth-order valence-corrected chi connectivity index (χ4v) is 3.55. The standard InChI is InChI=1S/C21H21BrFN3O4/c22-17-12-16(6-7-18(17)23)24-20(25-29)19(27)15-8-10-26(11-9-15)21(28)30-13-14-4-2-1-3-5-14/h1-7,12,15,29H,8-11,13H2,(H,24,25). The Morgan fingerprint density at radius 3 is 2.53 bits per heavy atom. The average Bonchev–Trinajstić information content (AvgIpc) is 2.78. The number of nitrogens with zero attached hydrogens (tertiary/aromatic N) is 2. The zero-order chi connectivity index (χ0) is 21.5. The Bertz CT molecular complexity index is 931. The number of halogens is 2. The van der Waals surface area contributed by atoms with E-state index in [1.165, 1.54) is 18.2 Å². The molecule has 1 amide bonds. The number of carbonyl (C=O) groups is 2. The van der Waals surface area contributed by atoms with Crippen LogP contribution in [0, 0.1) is 11.7 Å². The molecule has 9 heteroatoms. The fourth-order valence-electron chi connectivity index (χ4n) is 3.17. The number of piperidine rings is 1. The van der Waals surface area contributed by atoms with Crippen molar-refractivity contribution in [2.75, 3.05) is 18.4 Å². The number of carbonyl (C=O) groups excluding carboxylic acids is 2. The number of amides is 1. The largest absolute Gasteiger partial charge is 0.445 e. The molecule has 0 spiro atoms. The number of ketones is 1. The van der Waals surface area contributed by atoms with Gasteiger partial charge in [-0.1, -0.05) is 35.5 Å². The zero-order valence-corrected chi connectivity index (χ0v) is 17.6. The Balaban J connectivity index is 1.51. The summed E-state index contributed by atoms with van der Waals surface area (Å²) in [4.78, 5) is 26.5. The van der Waals surface area contributed by atoms with Gasteiger partial charge in [0.15, 0.2) is 0 Å². The topological polar surface area (TPSA) is 91.2 Å². The van der Waals surface area contributed by atoms with Crippen molar-refractivity contribution in [3.63, 3.8) is 0 Å². The van der Waals surface area contributed by atoms with Crippen molar-refractivity contribution in [1.29, 1.82) is 0 Å². The predicted molar refractivity (Wildman–Crippen MR) is 113 cm³/mol. The number of rotatable bonds is 5. The first-order valence-electron chi connectivity index (χ1n) is 9.42. The van der Waals surface area contributed by atoms with Gasteiger partial charge in [0.25, 0.3) is 0 Å². The summed E-state index contributed by atoms with van der Waals surface area (Å²) in [7, 11) is 0. The second-order valence-corrected chi connectivity index (χ2v) is 7.72. The van der Waals surface area contributed by atoms with E-state index in [-0.39, 0.29) is 22.7 Å². The number of hydrogen-bond acceptors (Lipinski definition) is 5. The molecule has 1 saturated heterocycles. The molecule has 1 heterocycles. The lowest BCUT2D eigenvalue weighted by Gasteiger charge is -2.30. The molecule has 0 bridgehead atoms. The van der Waals surface area contributed by atoms with Gasteiger partial charge in [-0.2, -0.15) is 0 Å². The summed E-state index contributed by atoms with van der Waals surface area (Å²) in [5.41, 5.74) is 1.31. The lowest BCUT2D eigenvalue weighted by molar-refractivity contribution is -0.117. The van der Waals surface area contributed by atoms with Crippen LogP contribution in [0.4, 0.5) is 14.9 Å². The number of ether oxygens (including phenoxy) is 1. The van der Waals surface area contributed by atoms with E-state index < -0.39 is 17.8 Å².